The highest BCUT2D eigenvalue weighted by molar-refractivity contribution is 5.77. The predicted octanol–water partition coefficient (Wildman–Crippen LogP) is 3.35. The van der Waals surface area contributed by atoms with E-state index in [4.69, 9.17) is 4.74 Å². The molecule has 154 valence electrons. The molecule has 0 fully saturated rings. The minimum atomic E-state index is -0.180. The fourth-order valence-electron chi connectivity index (χ4n) is 3.50. The van der Waals surface area contributed by atoms with Gasteiger partial charge in [-0.25, -0.2) is 4.98 Å². The van der Waals surface area contributed by atoms with Gasteiger partial charge >= 0.3 is 0 Å². The quantitative estimate of drug-likeness (QED) is 0.685. The van der Waals surface area contributed by atoms with Crippen LogP contribution in [0.1, 0.15) is 27.9 Å². The molecule has 0 atom stereocenters. The van der Waals surface area contributed by atoms with Gasteiger partial charge in [-0.2, -0.15) is 4.98 Å². The van der Waals surface area contributed by atoms with E-state index >= 15 is 0 Å². The molecule has 0 radical (unpaired) electrons. The van der Waals surface area contributed by atoms with Gasteiger partial charge in [-0.1, -0.05) is 54.1 Å². The van der Waals surface area contributed by atoms with Gasteiger partial charge < -0.3 is 15.0 Å². The first kappa shape index (κ1) is 19.9. The summed E-state index contributed by atoms with van der Waals surface area (Å²) in [4.78, 5) is 23.4. The molecule has 0 saturated heterocycles. The summed E-state index contributed by atoms with van der Waals surface area (Å²) in [6.07, 6.45) is 0.963. The Hall–Kier alpha value is -3.41. The second-order valence-corrected chi connectivity index (χ2v) is 7.64. The van der Waals surface area contributed by atoms with E-state index in [9.17, 15) is 4.79 Å². The highest BCUT2D eigenvalue weighted by Gasteiger charge is 2.19. The zero-order chi connectivity index (χ0) is 20.9. The number of nitrogens with one attached hydrogen (secondary N) is 1. The van der Waals surface area contributed by atoms with Gasteiger partial charge in [0, 0.05) is 31.4 Å². The number of aromatic nitrogens is 2. The van der Waals surface area contributed by atoms with Crippen molar-refractivity contribution in [2.75, 3.05) is 18.1 Å². The van der Waals surface area contributed by atoms with Gasteiger partial charge in [0.1, 0.15) is 0 Å². The fourth-order valence-corrected chi connectivity index (χ4v) is 3.50. The summed E-state index contributed by atoms with van der Waals surface area (Å²) in [5.41, 5.74) is 5.74. The molecule has 0 spiro atoms. The average Bonchev–Trinajstić information content (AvgIpc) is 2.76. The lowest BCUT2D eigenvalue weighted by Gasteiger charge is -2.29. The third-order valence-electron chi connectivity index (χ3n) is 5.19. The monoisotopic (exact) mass is 402 g/mol. The second-order valence-electron chi connectivity index (χ2n) is 7.64. The number of carbonyl (C=O) groups is 1. The highest BCUT2D eigenvalue weighted by atomic mass is 16.5. The Balaban J connectivity index is 1.35. The number of benzene rings is 2. The van der Waals surface area contributed by atoms with Crippen molar-refractivity contribution in [1.82, 2.24) is 15.3 Å². The molecule has 0 unspecified atom stereocenters. The van der Waals surface area contributed by atoms with Crippen molar-refractivity contribution >= 4 is 11.9 Å². The maximum absolute atomic E-state index is 12.2. The molecule has 0 saturated carbocycles. The van der Waals surface area contributed by atoms with Gasteiger partial charge in [0.15, 0.2) is 6.61 Å². The van der Waals surface area contributed by atoms with E-state index in [1.807, 2.05) is 38.1 Å². The summed E-state index contributed by atoms with van der Waals surface area (Å²) in [5.74, 6) is 0.877. The van der Waals surface area contributed by atoms with Crippen LogP contribution < -0.4 is 15.0 Å². The Morgan fingerprint density at radius 1 is 1.07 bits per heavy atom. The molecular formula is C24H26N4O2. The number of nitrogens with zero attached hydrogens (tertiary/aromatic N) is 3. The molecule has 30 heavy (non-hydrogen) atoms. The Kier molecular flexibility index (Phi) is 5.93. The first-order valence-electron chi connectivity index (χ1n) is 10.2. The SMILES string of the molecule is Cc1ccc(CNC(=O)COc2cc(C)nc(N3CCc4ccccc4C3)n2)cc1. The Morgan fingerprint density at radius 3 is 2.63 bits per heavy atom. The van der Waals surface area contributed by atoms with E-state index in [2.05, 4.69) is 44.5 Å². The average molecular weight is 402 g/mol. The summed E-state index contributed by atoms with van der Waals surface area (Å²) >= 11 is 0. The normalized spacial score (nSPS) is 12.9. The summed E-state index contributed by atoms with van der Waals surface area (Å²) in [6, 6.07) is 18.3. The molecule has 2 heterocycles. The maximum atomic E-state index is 12.2. The van der Waals surface area contributed by atoms with Crippen LogP contribution in [0.25, 0.3) is 0 Å². The van der Waals surface area contributed by atoms with Crippen molar-refractivity contribution in [2.45, 2.75) is 33.4 Å². The van der Waals surface area contributed by atoms with E-state index in [1.54, 1.807) is 6.07 Å². The van der Waals surface area contributed by atoms with Crippen molar-refractivity contribution in [2.24, 2.45) is 0 Å². The van der Waals surface area contributed by atoms with Gasteiger partial charge in [0.25, 0.3) is 5.91 Å². The number of carbonyl (C=O) groups excluding carboxylic acids is 1. The Bertz CT molecular complexity index is 1030. The van der Waals surface area contributed by atoms with E-state index in [1.165, 1.54) is 16.7 Å². The molecule has 1 aliphatic rings. The number of fused-ring (bicyclic) bond motifs is 1. The lowest BCUT2D eigenvalue weighted by molar-refractivity contribution is -0.123. The van der Waals surface area contributed by atoms with Gasteiger partial charge in [-0.15, -0.1) is 0 Å². The van der Waals surface area contributed by atoms with Crippen molar-refractivity contribution in [3.63, 3.8) is 0 Å². The van der Waals surface area contributed by atoms with Gasteiger partial charge in [-0.3, -0.25) is 4.79 Å². The van der Waals surface area contributed by atoms with Crippen LogP contribution in [0.4, 0.5) is 5.95 Å². The van der Waals surface area contributed by atoms with Crippen LogP contribution >= 0.6 is 0 Å². The van der Waals surface area contributed by atoms with Crippen LogP contribution in [0.3, 0.4) is 0 Å². The minimum absolute atomic E-state index is 0.0788. The molecule has 2 aromatic carbocycles. The van der Waals surface area contributed by atoms with Crippen molar-refractivity contribution < 1.29 is 9.53 Å². The van der Waals surface area contributed by atoms with Crippen LogP contribution in [0.15, 0.2) is 54.6 Å². The van der Waals surface area contributed by atoms with Crippen molar-refractivity contribution in [1.29, 1.82) is 0 Å². The van der Waals surface area contributed by atoms with Crippen LogP contribution in [-0.4, -0.2) is 29.0 Å². The predicted molar refractivity (Wildman–Crippen MR) is 116 cm³/mol. The molecule has 1 aromatic heterocycles. The van der Waals surface area contributed by atoms with Crippen LogP contribution in [0, 0.1) is 13.8 Å². The molecule has 0 bridgehead atoms. The van der Waals surface area contributed by atoms with Crippen molar-refractivity contribution in [3.05, 3.63) is 82.5 Å². The summed E-state index contributed by atoms with van der Waals surface area (Å²) in [5, 5.41) is 2.87. The topological polar surface area (TPSA) is 67.3 Å². The van der Waals surface area contributed by atoms with E-state index in [0.29, 0.717) is 18.4 Å². The smallest absolute Gasteiger partial charge is 0.258 e. The molecular weight excluding hydrogens is 376 g/mol. The number of rotatable bonds is 6. The zero-order valence-corrected chi connectivity index (χ0v) is 17.4. The number of anilines is 1. The van der Waals surface area contributed by atoms with E-state index in [-0.39, 0.29) is 12.5 Å². The Labute approximate surface area is 176 Å². The number of aryl methyl sites for hydroxylation is 2. The number of hydrogen-bond donors (Lipinski definition) is 1. The zero-order valence-electron chi connectivity index (χ0n) is 17.4. The molecule has 1 amide bonds. The first-order chi connectivity index (χ1) is 14.6. The fraction of sp³-hybridized carbons (Fsp3) is 0.292. The molecule has 1 aliphatic heterocycles. The Morgan fingerprint density at radius 2 is 1.83 bits per heavy atom. The van der Waals surface area contributed by atoms with Gasteiger partial charge in [-0.05, 0) is 37.0 Å². The summed E-state index contributed by atoms with van der Waals surface area (Å²) in [6.45, 7) is 5.98. The third kappa shape index (κ3) is 4.95. The molecule has 4 rings (SSSR count). The van der Waals surface area contributed by atoms with Crippen LogP contribution in [-0.2, 0) is 24.3 Å². The largest absolute Gasteiger partial charge is 0.467 e. The molecule has 1 N–H and O–H groups in total. The lowest BCUT2D eigenvalue weighted by Crippen LogP contribution is -2.32. The number of amides is 1. The van der Waals surface area contributed by atoms with Gasteiger partial charge in [0.05, 0.1) is 0 Å². The minimum Gasteiger partial charge on any atom is -0.467 e. The lowest BCUT2D eigenvalue weighted by atomic mass is 10.0. The second kappa shape index (κ2) is 8.95. The number of ether oxygens (including phenoxy) is 1. The van der Waals surface area contributed by atoms with Gasteiger partial charge in [0.2, 0.25) is 11.8 Å². The van der Waals surface area contributed by atoms with E-state index < -0.39 is 0 Å². The standard InChI is InChI=1S/C24H26N4O2/c1-17-7-9-19(10-8-17)14-25-22(29)16-30-23-13-18(2)26-24(27-23)28-12-11-20-5-3-4-6-21(20)15-28/h3-10,13H,11-12,14-16H2,1-2H3,(H,25,29). The summed E-state index contributed by atoms with van der Waals surface area (Å²) < 4.78 is 5.67. The third-order valence-corrected chi connectivity index (χ3v) is 5.19. The molecule has 6 nitrogen and oxygen atoms in total. The first-order valence-corrected chi connectivity index (χ1v) is 10.2. The summed E-state index contributed by atoms with van der Waals surface area (Å²) in [7, 11) is 0. The van der Waals surface area contributed by atoms with Crippen LogP contribution in [0.5, 0.6) is 5.88 Å². The molecule has 0 aliphatic carbocycles. The number of hydrogen-bond acceptors (Lipinski definition) is 5. The molecule has 6 heteroatoms. The molecule has 3 aromatic rings. The maximum Gasteiger partial charge on any atom is 0.258 e. The van der Waals surface area contributed by atoms with Crippen molar-refractivity contribution in [3.8, 4) is 5.88 Å². The van der Waals surface area contributed by atoms with Crippen LogP contribution in [0.2, 0.25) is 0 Å². The van der Waals surface area contributed by atoms with E-state index in [0.717, 1.165) is 30.8 Å². The highest BCUT2D eigenvalue weighted by Crippen LogP contribution is 2.23.